The molecule has 1 unspecified atom stereocenters. The Balaban J connectivity index is 2.00. The number of methoxy groups -OCH3 is 1. The number of rotatable bonds is 3. The maximum absolute atomic E-state index is 6.18. The summed E-state index contributed by atoms with van der Waals surface area (Å²) < 4.78 is 7.00. The summed E-state index contributed by atoms with van der Waals surface area (Å²) in [4.78, 5) is 10.6. The number of hydrogen-bond acceptors (Lipinski definition) is 5. The van der Waals surface area contributed by atoms with Gasteiger partial charge >= 0.3 is 0 Å². The van der Waals surface area contributed by atoms with E-state index in [0.29, 0.717) is 16.8 Å². The van der Waals surface area contributed by atoms with E-state index < -0.39 is 0 Å². The second-order valence-corrected chi connectivity index (χ2v) is 5.24. The van der Waals surface area contributed by atoms with Gasteiger partial charge < -0.3 is 9.64 Å². The molecule has 19 heavy (non-hydrogen) atoms. The molecule has 102 valence electrons. The molecule has 6 nitrogen and oxygen atoms in total. The van der Waals surface area contributed by atoms with Crippen LogP contribution in [0.2, 0.25) is 5.15 Å². The normalized spacial score (nSPS) is 19.5. The Morgan fingerprint density at radius 1 is 1.53 bits per heavy atom. The lowest BCUT2D eigenvalue weighted by molar-refractivity contribution is 0.161. The Labute approximate surface area is 116 Å². The highest BCUT2D eigenvalue weighted by Gasteiger charge is 2.27. The Kier molecular flexibility index (Phi) is 3.28. The Morgan fingerprint density at radius 2 is 2.37 bits per heavy atom. The van der Waals surface area contributed by atoms with Gasteiger partial charge in [0.15, 0.2) is 0 Å². The number of ether oxygens (including phenoxy) is 1. The Bertz CT molecular complexity index is 599. The van der Waals surface area contributed by atoms with Crippen molar-refractivity contribution in [2.45, 2.75) is 13.3 Å². The topological polar surface area (TPSA) is 55.5 Å². The predicted octanol–water partition coefficient (Wildman–Crippen LogP) is 1.56. The van der Waals surface area contributed by atoms with Crippen molar-refractivity contribution in [3.8, 4) is 0 Å². The van der Waals surface area contributed by atoms with Crippen molar-refractivity contribution >= 4 is 23.2 Å². The molecular weight excluding hydrogens is 266 g/mol. The summed E-state index contributed by atoms with van der Waals surface area (Å²) in [5, 5.41) is 4.74. The summed E-state index contributed by atoms with van der Waals surface area (Å²) in [7, 11) is 1.74. The quantitative estimate of drug-likeness (QED) is 0.799. The highest BCUT2D eigenvalue weighted by atomic mass is 35.5. The average molecular weight is 282 g/mol. The van der Waals surface area contributed by atoms with Gasteiger partial charge in [-0.1, -0.05) is 11.6 Å². The van der Waals surface area contributed by atoms with Crippen LogP contribution in [-0.4, -0.2) is 46.4 Å². The molecule has 0 aromatic carbocycles. The molecule has 1 atom stereocenters. The third-order valence-electron chi connectivity index (χ3n) is 3.56. The van der Waals surface area contributed by atoms with Crippen molar-refractivity contribution in [3.05, 3.63) is 17.0 Å². The molecule has 0 amide bonds. The maximum Gasteiger partial charge on any atom is 0.255 e. The zero-order valence-corrected chi connectivity index (χ0v) is 11.8. The van der Waals surface area contributed by atoms with Crippen molar-refractivity contribution < 1.29 is 4.74 Å². The van der Waals surface area contributed by atoms with Crippen molar-refractivity contribution in [3.63, 3.8) is 0 Å². The fourth-order valence-corrected chi connectivity index (χ4v) is 2.81. The van der Waals surface area contributed by atoms with Crippen LogP contribution in [0.25, 0.3) is 5.78 Å². The van der Waals surface area contributed by atoms with E-state index in [4.69, 9.17) is 16.3 Å². The van der Waals surface area contributed by atoms with Crippen LogP contribution in [0.1, 0.15) is 12.0 Å². The minimum Gasteiger partial charge on any atom is -0.384 e. The van der Waals surface area contributed by atoms with Crippen LogP contribution < -0.4 is 4.90 Å². The van der Waals surface area contributed by atoms with Crippen LogP contribution in [-0.2, 0) is 4.74 Å². The van der Waals surface area contributed by atoms with E-state index >= 15 is 0 Å². The van der Waals surface area contributed by atoms with E-state index in [2.05, 4.69) is 20.0 Å². The van der Waals surface area contributed by atoms with Gasteiger partial charge in [-0.2, -0.15) is 19.6 Å². The van der Waals surface area contributed by atoms with Crippen LogP contribution in [0.15, 0.2) is 6.33 Å². The van der Waals surface area contributed by atoms with Crippen LogP contribution in [0.5, 0.6) is 0 Å². The molecule has 2 aromatic rings. The molecule has 0 bridgehead atoms. The molecule has 0 aliphatic carbocycles. The van der Waals surface area contributed by atoms with Gasteiger partial charge in [0.25, 0.3) is 5.78 Å². The maximum atomic E-state index is 6.18. The average Bonchev–Trinajstić information content (AvgIpc) is 3.00. The molecule has 1 saturated heterocycles. The molecule has 0 N–H and O–H groups in total. The monoisotopic (exact) mass is 281 g/mol. The molecule has 1 aliphatic heterocycles. The SMILES string of the molecule is COCC1CCN(c2c(C)c(Cl)nc3ncnn23)C1. The van der Waals surface area contributed by atoms with Gasteiger partial charge in [-0.25, -0.2) is 0 Å². The van der Waals surface area contributed by atoms with Gasteiger partial charge in [0.2, 0.25) is 0 Å². The first kappa shape index (κ1) is 12.6. The van der Waals surface area contributed by atoms with Crippen LogP contribution in [0.3, 0.4) is 0 Å². The van der Waals surface area contributed by atoms with Gasteiger partial charge in [-0.3, -0.25) is 0 Å². The van der Waals surface area contributed by atoms with Crippen molar-refractivity contribution in [2.75, 3.05) is 31.7 Å². The number of anilines is 1. The molecule has 1 fully saturated rings. The molecular formula is C12H16ClN5O. The van der Waals surface area contributed by atoms with Crippen LogP contribution in [0, 0.1) is 12.8 Å². The van der Waals surface area contributed by atoms with Crippen molar-refractivity contribution in [1.29, 1.82) is 0 Å². The first-order valence-corrected chi connectivity index (χ1v) is 6.68. The Morgan fingerprint density at radius 3 is 3.16 bits per heavy atom. The fourth-order valence-electron chi connectivity index (χ4n) is 2.65. The first-order chi connectivity index (χ1) is 9.20. The van der Waals surface area contributed by atoms with Crippen molar-refractivity contribution in [1.82, 2.24) is 19.6 Å². The number of nitrogens with zero attached hydrogens (tertiary/aromatic N) is 5. The Hall–Kier alpha value is -1.40. The largest absolute Gasteiger partial charge is 0.384 e. The van der Waals surface area contributed by atoms with E-state index in [1.807, 2.05) is 6.92 Å². The molecule has 0 radical (unpaired) electrons. The molecule has 2 aromatic heterocycles. The lowest BCUT2D eigenvalue weighted by atomic mass is 10.1. The number of fused-ring (bicyclic) bond motifs is 1. The minimum atomic E-state index is 0.491. The van der Waals surface area contributed by atoms with E-state index in [-0.39, 0.29) is 0 Å². The second kappa shape index (κ2) is 4.94. The number of halogens is 1. The predicted molar refractivity (Wildman–Crippen MR) is 72.7 cm³/mol. The van der Waals surface area contributed by atoms with Crippen LogP contribution in [0.4, 0.5) is 5.82 Å². The smallest absolute Gasteiger partial charge is 0.255 e. The van der Waals surface area contributed by atoms with E-state index in [0.717, 1.165) is 37.5 Å². The summed E-state index contributed by atoms with van der Waals surface area (Å²) in [6, 6.07) is 0. The lowest BCUT2D eigenvalue weighted by Crippen LogP contribution is -2.25. The number of aromatic nitrogens is 4. The summed E-state index contributed by atoms with van der Waals surface area (Å²) in [5.74, 6) is 2.09. The summed E-state index contributed by atoms with van der Waals surface area (Å²) in [5.41, 5.74) is 0.942. The number of hydrogen-bond donors (Lipinski definition) is 0. The lowest BCUT2D eigenvalue weighted by Gasteiger charge is -2.21. The minimum absolute atomic E-state index is 0.491. The molecule has 3 heterocycles. The van der Waals surface area contributed by atoms with E-state index in [1.54, 1.807) is 11.6 Å². The summed E-state index contributed by atoms with van der Waals surface area (Å²) >= 11 is 6.18. The van der Waals surface area contributed by atoms with Gasteiger partial charge in [0.1, 0.15) is 17.3 Å². The molecule has 0 spiro atoms. The third-order valence-corrected chi connectivity index (χ3v) is 3.93. The highest BCUT2D eigenvalue weighted by molar-refractivity contribution is 6.30. The zero-order valence-electron chi connectivity index (χ0n) is 11.0. The molecule has 7 heteroatoms. The molecule has 3 rings (SSSR count). The highest BCUT2D eigenvalue weighted by Crippen LogP contribution is 2.29. The summed E-state index contributed by atoms with van der Waals surface area (Å²) in [6.45, 7) is 4.68. The van der Waals surface area contributed by atoms with E-state index in [9.17, 15) is 0 Å². The zero-order chi connectivity index (χ0) is 13.4. The molecule has 1 aliphatic rings. The van der Waals surface area contributed by atoms with Gasteiger partial charge in [0, 0.05) is 31.7 Å². The fraction of sp³-hybridized carbons (Fsp3) is 0.583. The van der Waals surface area contributed by atoms with Gasteiger partial charge in [-0.05, 0) is 13.3 Å². The summed E-state index contributed by atoms with van der Waals surface area (Å²) in [6.07, 6.45) is 2.62. The van der Waals surface area contributed by atoms with E-state index in [1.165, 1.54) is 6.33 Å². The second-order valence-electron chi connectivity index (χ2n) is 4.88. The first-order valence-electron chi connectivity index (χ1n) is 6.30. The molecule has 0 saturated carbocycles. The third kappa shape index (κ3) is 2.15. The standard InChI is InChI=1S/C12H16ClN5O/c1-8-10(13)16-12-14-7-15-18(12)11(8)17-4-3-9(5-17)6-19-2/h7,9H,3-6H2,1-2H3. The van der Waals surface area contributed by atoms with Crippen molar-refractivity contribution in [2.24, 2.45) is 5.92 Å². The van der Waals surface area contributed by atoms with Crippen LogP contribution >= 0.6 is 11.6 Å². The van der Waals surface area contributed by atoms with Gasteiger partial charge in [0.05, 0.1) is 6.61 Å². The van der Waals surface area contributed by atoms with Gasteiger partial charge in [-0.15, -0.1) is 0 Å².